The van der Waals surface area contributed by atoms with Crippen molar-refractivity contribution in [2.45, 2.75) is 19.2 Å². The van der Waals surface area contributed by atoms with Crippen LogP contribution in [0.3, 0.4) is 0 Å². The lowest BCUT2D eigenvalue weighted by atomic mass is 9.98. The molecular formula is C27H13F9O. The fourth-order valence-corrected chi connectivity index (χ4v) is 3.57. The number of alkyl halides is 5. The molecule has 4 rings (SSSR count). The van der Waals surface area contributed by atoms with E-state index in [4.69, 9.17) is 0 Å². The number of halogens is 9. The van der Waals surface area contributed by atoms with E-state index in [-0.39, 0.29) is 16.3 Å². The summed E-state index contributed by atoms with van der Waals surface area (Å²) in [6.07, 6.45) is -8.88. The van der Waals surface area contributed by atoms with Crippen LogP contribution in [-0.2, 0) is 6.11 Å². The van der Waals surface area contributed by atoms with Gasteiger partial charge in [-0.3, -0.25) is 0 Å². The van der Waals surface area contributed by atoms with E-state index >= 15 is 0 Å². The topological polar surface area (TPSA) is 9.23 Å². The van der Waals surface area contributed by atoms with Gasteiger partial charge in [0.05, 0.1) is 16.7 Å². The van der Waals surface area contributed by atoms with Crippen molar-refractivity contribution in [3.8, 4) is 28.7 Å². The van der Waals surface area contributed by atoms with E-state index in [9.17, 15) is 39.5 Å². The molecule has 0 atom stereocenters. The van der Waals surface area contributed by atoms with Crippen LogP contribution in [0.2, 0.25) is 0 Å². The number of ether oxygens (including phenoxy) is 1. The SMILES string of the molecule is Cc1ccc(C(F)(F)Oc2cc(F)c(-c3ccc4c(F)c(C#CC(F)(F)F)c(F)cc4c3)c(F)c2)cc1. The van der Waals surface area contributed by atoms with Crippen LogP contribution in [0, 0.1) is 42.0 Å². The zero-order valence-corrected chi connectivity index (χ0v) is 18.6. The van der Waals surface area contributed by atoms with E-state index in [1.54, 1.807) is 6.92 Å². The highest BCUT2D eigenvalue weighted by atomic mass is 19.4. The van der Waals surface area contributed by atoms with Crippen molar-refractivity contribution in [3.63, 3.8) is 0 Å². The summed E-state index contributed by atoms with van der Waals surface area (Å²) < 4.78 is 129. The minimum atomic E-state index is -4.98. The van der Waals surface area contributed by atoms with Crippen molar-refractivity contribution in [3.05, 3.63) is 101 Å². The second-order valence-corrected chi connectivity index (χ2v) is 7.98. The first-order valence-electron chi connectivity index (χ1n) is 10.4. The fraction of sp³-hybridized carbons (Fsp3) is 0.111. The summed E-state index contributed by atoms with van der Waals surface area (Å²) in [5.41, 5.74) is -1.87. The summed E-state index contributed by atoms with van der Waals surface area (Å²) in [4.78, 5) is 0. The predicted molar refractivity (Wildman–Crippen MR) is 118 cm³/mol. The largest absolute Gasteiger partial charge is 0.458 e. The number of hydrogen-bond acceptors (Lipinski definition) is 1. The third-order valence-corrected chi connectivity index (χ3v) is 5.30. The summed E-state index contributed by atoms with van der Waals surface area (Å²) >= 11 is 0. The molecule has 0 aliphatic carbocycles. The van der Waals surface area contributed by atoms with Gasteiger partial charge in [0.2, 0.25) is 0 Å². The molecule has 0 fully saturated rings. The zero-order chi connectivity index (χ0) is 27.1. The molecule has 0 saturated carbocycles. The number of aryl methyl sites for hydroxylation is 1. The Labute approximate surface area is 204 Å². The molecule has 0 aliphatic heterocycles. The van der Waals surface area contributed by atoms with E-state index in [1.165, 1.54) is 18.1 Å². The highest BCUT2D eigenvalue weighted by Gasteiger charge is 2.35. The zero-order valence-electron chi connectivity index (χ0n) is 18.6. The van der Waals surface area contributed by atoms with Gasteiger partial charge in [0, 0.05) is 23.4 Å². The normalized spacial score (nSPS) is 11.8. The van der Waals surface area contributed by atoms with Crippen LogP contribution in [0.1, 0.15) is 16.7 Å². The first-order chi connectivity index (χ1) is 17.2. The van der Waals surface area contributed by atoms with Crippen molar-refractivity contribution in [2.75, 3.05) is 0 Å². The molecule has 0 bridgehead atoms. The lowest BCUT2D eigenvalue weighted by molar-refractivity contribution is -0.185. The summed E-state index contributed by atoms with van der Waals surface area (Å²) in [6.45, 7) is 1.68. The van der Waals surface area contributed by atoms with Gasteiger partial charge < -0.3 is 4.74 Å². The van der Waals surface area contributed by atoms with E-state index in [0.29, 0.717) is 23.8 Å². The van der Waals surface area contributed by atoms with Crippen LogP contribution in [0.15, 0.2) is 60.7 Å². The Morgan fingerprint density at radius 2 is 1.35 bits per heavy atom. The van der Waals surface area contributed by atoms with Gasteiger partial charge in [-0.25, -0.2) is 17.6 Å². The van der Waals surface area contributed by atoms with Crippen molar-refractivity contribution in [1.29, 1.82) is 0 Å². The molecule has 0 radical (unpaired) electrons. The monoisotopic (exact) mass is 524 g/mol. The Kier molecular flexibility index (Phi) is 6.59. The van der Waals surface area contributed by atoms with Crippen LogP contribution >= 0.6 is 0 Å². The van der Waals surface area contributed by atoms with Crippen LogP contribution in [0.4, 0.5) is 39.5 Å². The number of fused-ring (bicyclic) bond motifs is 1. The Balaban J connectivity index is 1.71. The summed E-state index contributed by atoms with van der Waals surface area (Å²) in [7, 11) is 0. The molecule has 0 spiro atoms. The van der Waals surface area contributed by atoms with E-state index in [1.807, 2.05) is 0 Å². The van der Waals surface area contributed by atoms with E-state index < -0.39 is 58.0 Å². The third kappa shape index (κ3) is 5.50. The second kappa shape index (κ2) is 9.39. The maximum atomic E-state index is 14.8. The molecule has 190 valence electrons. The highest BCUT2D eigenvalue weighted by Crippen LogP contribution is 2.37. The molecule has 0 saturated heterocycles. The molecule has 0 aromatic heterocycles. The number of hydrogen-bond donors (Lipinski definition) is 0. The van der Waals surface area contributed by atoms with E-state index in [2.05, 4.69) is 4.74 Å². The molecule has 4 aromatic rings. The molecule has 1 nitrogen and oxygen atoms in total. The quantitative estimate of drug-likeness (QED) is 0.192. The lowest BCUT2D eigenvalue weighted by Gasteiger charge is -2.19. The average molecular weight is 524 g/mol. The Bertz CT molecular complexity index is 1540. The summed E-state index contributed by atoms with van der Waals surface area (Å²) in [5.74, 6) is -4.05. The maximum absolute atomic E-state index is 14.8. The third-order valence-electron chi connectivity index (χ3n) is 5.30. The van der Waals surface area contributed by atoms with Gasteiger partial charge >= 0.3 is 12.3 Å². The van der Waals surface area contributed by atoms with Gasteiger partial charge in [0.15, 0.2) is 0 Å². The van der Waals surface area contributed by atoms with Crippen molar-refractivity contribution >= 4 is 10.8 Å². The molecule has 4 aromatic carbocycles. The standard InChI is InChI=1S/C27H13F9O/c1-14-2-5-17(6-3-14)27(35,36)37-18-12-22(29)24(23(30)13-18)15-4-7-19-16(10-15)11-21(28)20(25(19)31)8-9-26(32,33)34/h2-7,10-13H,1H3. The molecule has 0 N–H and O–H groups in total. The minimum absolute atomic E-state index is 0.215. The number of benzene rings is 4. The van der Waals surface area contributed by atoms with Crippen molar-refractivity contribution in [2.24, 2.45) is 0 Å². The molecule has 10 heteroatoms. The molecule has 0 unspecified atom stereocenters. The van der Waals surface area contributed by atoms with Crippen LogP contribution < -0.4 is 4.74 Å². The van der Waals surface area contributed by atoms with Gasteiger partial charge in [-0.1, -0.05) is 35.7 Å². The maximum Gasteiger partial charge on any atom is 0.458 e. The predicted octanol–water partition coefficient (Wildman–Crippen LogP) is 8.41. The highest BCUT2D eigenvalue weighted by molar-refractivity contribution is 5.89. The van der Waals surface area contributed by atoms with Gasteiger partial charge in [-0.2, -0.15) is 22.0 Å². The molecule has 0 aliphatic rings. The van der Waals surface area contributed by atoms with Gasteiger partial charge in [-0.05, 0) is 42.1 Å². The molecular weight excluding hydrogens is 511 g/mol. The molecule has 0 heterocycles. The van der Waals surface area contributed by atoms with E-state index in [0.717, 1.165) is 36.3 Å². The fourth-order valence-electron chi connectivity index (χ4n) is 3.57. The van der Waals surface area contributed by atoms with Gasteiger partial charge in [-0.15, -0.1) is 0 Å². The first-order valence-corrected chi connectivity index (χ1v) is 10.4. The smallest absolute Gasteiger partial charge is 0.429 e. The Hall–Kier alpha value is -4.13. The van der Waals surface area contributed by atoms with Crippen molar-refractivity contribution < 1.29 is 44.3 Å². The lowest BCUT2D eigenvalue weighted by Crippen LogP contribution is -2.22. The number of rotatable bonds is 4. The Morgan fingerprint density at radius 1 is 0.730 bits per heavy atom. The van der Waals surface area contributed by atoms with Crippen molar-refractivity contribution in [1.82, 2.24) is 0 Å². The summed E-state index contributed by atoms with van der Waals surface area (Å²) in [5, 5.41) is -0.578. The van der Waals surface area contributed by atoms with Crippen LogP contribution in [0.25, 0.3) is 21.9 Å². The second-order valence-electron chi connectivity index (χ2n) is 7.98. The molecule has 37 heavy (non-hydrogen) atoms. The minimum Gasteiger partial charge on any atom is -0.429 e. The van der Waals surface area contributed by atoms with Crippen LogP contribution in [0.5, 0.6) is 5.75 Å². The van der Waals surface area contributed by atoms with Gasteiger partial charge in [0.1, 0.15) is 29.0 Å². The average Bonchev–Trinajstić information content (AvgIpc) is 2.77. The Morgan fingerprint density at radius 3 is 1.95 bits per heavy atom. The first kappa shape index (κ1) is 25.9. The van der Waals surface area contributed by atoms with Crippen LogP contribution in [-0.4, -0.2) is 6.18 Å². The summed E-state index contributed by atoms with van der Waals surface area (Å²) in [6, 6.07) is 9.75. The van der Waals surface area contributed by atoms with Gasteiger partial charge in [0.25, 0.3) is 0 Å². The molecule has 0 amide bonds.